The topological polar surface area (TPSA) is 92.1 Å². The molecule has 0 spiro atoms. The van der Waals surface area contributed by atoms with Gasteiger partial charge in [-0.25, -0.2) is 0 Å². The van der Waals surface area contributed by atoms with Gasteiger partial charge in [-0.3, -0.25) is 24.9 Å². The molecule has 0 aliphatic carbocycles. The molecule has 0 saturated carbocycles. The van der Waals surface area contributed by atoms with Crippen LogP contribution >= 0.6 is 15.9 Å². The number of nitrogens with zero attached hydrogens (tertiary/aromatic N) is 3. The van der Waals surface area contributed by atoms with Crippen molar-refractivity contribution in [2.75, 3.05) is 4.90 Å². The number of rotatable bonds is 3. The standard InChI is InChI=1S/C18H13BrN4O3/c1-10-15-16(21-20-10)18(24)22(13-7-5-12(19)6-8-13)17(15)11-3-2-4-14(9-11)23(25)26/h2-9,17H,1H3,(H,20,21). The van der Waals surface area contributed by atoms with Crippen LogP contribution in [0.1, 0.15) is 33.4 Å². The summed E-state index contributed by atoms with van der Waals surface area (Å²) < 4.78 is 0.898. The molecule has 0 fully saturated rings. The van der Waals surface area contributed by atoms with Gasteiger partial charge in [0.2, 0.25) is 0 Å². The Bertz CT molecular complexity index is 1030. The number of carbonyl (C=O) groups excluding carboxylic acids is 1. The van der Waals surface area contributed by atoms with E-state index in [1.165, 1.54) is 12.1 Å². The molecule has 2 heterocycles. The van der Waals surface area contributed by atoms with Crippen molar-refractivity contribution >= 4 is 33.2 Å². The molecule has 1 aromatic heterocycles. The van der Waals surface area contributed by atoms with Crippen LogP contribution < -0.4 is 4.90 Å². The summed E-state index contributed by atoms with van der Waals surface area (Å²) in [5.74, 6) is -0.233. The fourth-order valence-electron chi connectivity index (χ4n) is 3.29. The molecule has 0 bridgehead atoms. The lowest BCUT2D eigenvalue weighted by Crippen LogP contribution is -2.29. The largest absolute Gasteiger partial charge is 0.295 e. The number of fused-ring (bicyclic) bond motifs is 1. The number of aromatic amines is 1. The molecule has 1 N–H and O–H groups in total. The van der Waals surface area contributed by atoms with Crippen molar-refractivity contribution in [2.45, 2.75) is 13.0 Å². The van der Waals surface area contributed by atoms with E-state index >= 15 is 0 Å². The molecule has 4 rings (SSSR count). The van der Waals surface area contributed by atoms with E-state index in [0.29, 0.717) is 16.9 Å². The van der Waals surface area contributed by atoms with Gasteiger partial charge < -0.3 is 0 Å². The zero-order valence-corrected chi connectivity index (χ0v) is 15.2. The summed E-state index contributed by atoms with van der Waals surface area (Å²) in [6.45, 7) is 1.84. The minimum atomic E-state index is -0.475. The van der Waals surface area contributed by atoms with Crippen molar-refractivity contribution in [3.63, 3.8) is 0 Å². The van der Waals surface area contributed by atoms with Gasteiger partial charge in [0.25, 0.3) is 11.6 Å². The number of aryl methyl sites for hydroxylation is 1. The fraction of sp³-hybridized carbons (Fsp3) is 0.111. The molecule has 7 nitrogen and oxygen atoms in total. The van der Waals surface area contributed by atoms with Gasteiger partial charge in [-0.2, -0.15) is 5.10 Å². The summed E-state index contributed by atoms with van der Waals surface area (Å²) in [5, 5.41) is 18.2. The predicted molar refractivity (Wildman–Crippen MR) is 99.2 cm³/mol. The summed E-state index contributed by atoms with van der Waals surface area (Å²) in [6.07, 6.45) is 0. The lowest BCUT2D eigenvalue weighted by molar-refractivity contribution is -0.384. The molecule has 3 aromatic rings. The minimum absolute atomic E-state index is 0.0136. The van der Waals surface area contributed by atoms with Crippen LogP contribution in [0.5, 0.6) is 0 Å². The number of aromatic nitrogens is 2. The molecule has 1 unspecified atom stereocenters. The van der Waals surface area contributed by atoms with Gasteiger partial charge in [-0.1, -0.05) is 28.1 Å². The molecular formula is C18H13BrN4O3. The lowest BCUT2D eigenvalue weighted by atomic mass is 9.98. The van der Waals surface area contributed by atoms with Crippen molar-refractivity contribution in [3.8, 4) is 0 Å². The van der Waals surface area contributed by atoms with Crippen LogP contribution in [0.25, 0.3) is 0 Å². The Kier molecular flexibility index (Phi) is 3.84. The van der Waals surface area contributed by atoms with Crippen LogP contribution in [-0.4, -0.2) is 21.0 Å². The van der Waals surface area contributed by atoms with Gasteiger partial charge >= 0.3 is 0 Å². The average Bonchev–Trinajstić information content (AvgIpc) is 3.14. The summed E-state index contributed by atoms with van der Waals surface area (Å²) in [6, 6.07) is 13.2. The molecule has 1 aliphatic rings. The number of H-pyrrole nitrogens is 1. The highest BCUT2D eigenvalue weighted by molar-refractivity contribution is 9.10. The fourth-order valence-corrected chi connectivity index (χ4v) is 3.55. The van der Waals surface area contributed by atoms with Gasteiger partial charge in [0.1, 0.15) is 0 Å². The van der Waals surface area contributed by atoms with Crippen LogP contribution in [-0.2, 0) is 0 Å². The Labute approximate surface area is 156 Å². The SMILES string of the molecule is Cc1[nH]nc2c1C(c1cccc([N+](=O)[O-])c1)N(c1ccc(Br)cc1)C2=O. The first-order chi connectivity index (χ1) is 12.5. The van der Waals surface area contributed by atoms with Crippen LogP contribution in [0.3, 0.4) is 0 Å². The van der Waals surface area contributed by atoms with Crippen molar-refractivity contribution in [1.29, 1.82) is 0 Å². The van der Waals surface area contributed by atoms with Crippen LogP contribution in [0.4, 0.5) is 11.4 Å². The molecule has 0 saturated heterocycles. The van der Waals surface area contributed by atoms with E-state index in [1.54, 1.807) is 17.0 Å². The van der Waals surface area contributed by atoms with E-state index in [-0.39, 0.29) is 11.6 Å². The number of anilines is 1. The first-order valence-electron chi connectivity index (χ1n) is 7.85. The summed E-state index contributed by atoms with van der Waals surface area (Å²) in [4.78, 5) is 25.4. The molecule has 2 aromatic carbocycles. The molecule has 1 aliphatic heterocycles. The first kappa shape index (κ1) is 16.5. The second kappa shape index (κ2) is 6.06. The molecule has 8 heteroatoms. The zero-order valence-electron chi connectivity index (χ0n) is 13.6. The maximum absolute atomic E-state index is 13.0. The summed E-state index contributed by atoms with van der Waals surface area (Å²) >= 11 is 3.39. The van der Waals surface area contributed by atoms with Crippen LogP contribution in [0.15, 0.2) is 53.0 Å². The minimum Gasteiger partial charge on any atom is -0.295 e. The molecule has 1 amide bonds. The van der Waals surface area contributed by atoms with Gasteiger partial charge in [0, 0.05) is 33.6 Å². The Morgan fingerprint density at radius 3 is 2.65 bits per heavy atom. The number of hydrogen-bond donors (Lipinski definition) is 1. The van der Waals surface area contributed by atoms with E-state index in [9.17, 15) is 14.9 Å². The molecule has 26 heavy (non-hydrogen) atoms. The lowest BCUT2D eigenvalue weighted by Gasteiger charge is -2.26. The second-order valence-electron chi connectivity index (χ2n) is 6.02. The van der Waals surface area contributed by atoms with E-state index in [0.717, 1.165) is 15.7 Å². The van der Waals surface area contributed by atoms with Crippen molar-refractivity contribution in [2.24, 2.45) is 0 Å². The van der Waals surface area contributed by atoms with Crippen LogP contribution in [0.2, 0.25) is 0 Å². The van der Waals surface area contributed by atoms with Crippen molar-refractivity contribution in [3.05, 3.63) is 85.6 Å². The number of amides is 1. The van der Waals surface area contributed by atoms with Crippen molar-refractivity contribution in [1.82, 2.24) is 10.2 Å². The predicted octanol–water partition coefficient (Wildman–Crippen LogP) is 4.14. The van der Waals surface area contributed by atoms with E-state index in [1.807, 2.05) is 31.2 Å². The van der Waals surface area contributed by atoms with Gasteiger partial charge in [-0.15, -0.1) is 0 Å². The van der Waals surface area contributed by atoms with Crippen LogP contribution in [0, 0.1) is 17.0 Å². The number of non-ortho nitro benzene ring substituents is 1. The number of nitrogens with one attached hydrogen (secondary N) is 1. The smallest absolute Gasteiger partial charge is 0.279 e. The number of nitro groups is 1. The average molecular weight is 413 g/mol. The van der Waals surface area contributed by atoms with Gasteiger partial charge in [-0.05, 0) is 36.8 Å². The number of hydrogen-bond acceptors (Lipinski definition) is 4. The Morgan fingerprint density at radius 1 is 1.23 bits per heavy atom. The summed E-state index contributed by atoms with van der Waals surface area (Å²) in [5.41, 5.74) is 3.22. The van der Waals surface area contributed by atoms with E-state index < -0.39 is 11.0 Å². The Morgan fingerprint density at radius 2 is 1.96 bits per heavy atom. The van der Waals surface area contributed by atoms with Gasteiger partial charge in [0.05, 0.1) is 11.0 Å². The Balaban J connectivity index is 1.91. The number of benzene rings is 2. The number of nitro benzene ring substituents is 1. The third kappa shape index (κ3) is 2.50. The number of halogens is 1. The molecule has 0 radical (unpaired) electrons. The zero-order chi connectivity index (χ0) is 18.4. The quantitative estimate of drug-likeness (QED) is 0.516. The highest BCUT2D eigenvalue weighted by Crippen LogP contribution is 2.43. The normalized spacial score (nSPS) is 16.0. The highest BCUT2D eigenvalue weighted by Gasteiger charge is 2.42. The number of carbonyl (C=O) groups is 1. The van der Waals surface area contributed by atoms with Gasteiger partial charge in [0.15, 0.2) is 5.69 Å². The summed E-state index contributed by atoms with van der Waals surface area (Å²) in [7, 11) is 0. The van der Waals surface area contributed by atoms with E-state index in [2.05, 4.69) is 26.1 Å². The first-order valence-corrected chi connectivity index (χ1v) is 8.65. The highest BCUT2D eigenvalue weighted by atomic mass is 79.9. The molecule has 130 valence electrons. The molecule has 1 atom stereocenters. The third-order valence-corrected chi connectivity index (χ3v) is 4.98. The third-order valence-electron chi connectivity index (χ3n) is 4.45. The monoisotopic (exact) mass is 412 g/mol. The Hall–Kier alpha value is -3.00. The maximum atomic E-state index is 13.0. The second-order valence-corrected chi connectivity index (χ2v) is 6.93. The molecular weight excluding hydrogens is 400 g/mol. The maximum Gasteiger partial charge on any atom is 0.279 e. The van der Waals surface area contributed by atoms with E-state index in [4.69, 9.17) is 0 Å². The van der Waals surface area contributed by atoms with Crippen molar-refractivity contribution < 1.29 is 9.72 Å².